The van der Waals surface area contributed by atoms with Gasteiger partial charge in [-0.2, -0.15) is 0 Å². The molecule has 1 N–H and O–H groups in total. The Morgan fingerprint density at radius 1 is 1.75 bits per heavy atom. The number of amides is 1. The van der Waals surface area contributed by atoms with Crippen LogP contribution in [0, 0.1) is 0 Å². The van der Waals surface area contributed by atoms with Gasteiger partial charge in [0.1, 0.15) is 6.04 Å². The number of esters is 1. The van der Waals surface area contributed by atoms with E-state index in [9.17, 15) is 9.59 Å². The van der Waals surface area contributed by atoms with E-state index in [-0.39, 0.29) is 13.0 Å². The van der Waals surface area contributed by atoms with E-state index in [0.29, 0.717) is 6.41 Å². The Hall–Kier alpha value is -1.10. The van der Waals surface area contributed by atoms with Gasteiger partial charge in [0.2, 0.25) is 6.41 Å². The van der Waals surface area contributed by atoms with Crippen LogP contribution in [0.2, 0.25) is 0 Å². The highest BCUT2D eigenvalue weighted by Crippen LogP contribution is 2.16. The molecular formula is C7H11NO4. The highest BCUT2D eigenvalue weighted by Gasteiger charge is 2.35. The van der Waals surface area contributed by atoms with E-state index >= 15 is 0 Å². The molecule has 68 valence electrons. The second-order valence-corrected chi connectivity index (χ2v) is 2.73. The molecule has 1 saturated heterocycles. The fourth-order valence-corrected chi connectivity index (χ4v) is 1.32. The summed E-state index contributed by atoms with van der Waals surface area (Å²) < 4.78 is 4.46. The zero-order valence-corrected chi connectivity index (χ0v) is 6.77. The summed E-state index contributed by atoms with van der Waals surface area (Å²) >= 11 is 0. The van der Waals surface area contributed by atoms with Crippen LogP contribution in [0.5, 0.6) is 0 Å². The minimum atomic E-state index is -0.612. The standard InChI is InChI=1S/C7H11NO4/c1-12-7(11)6-2-5(10)3-8(6)4-9/h4-6,10H,2-3H2,1H3/t5?,6-/m0/s1. The molecule has 0 aromatic heterocycles. The fourth-order valence-electron chi connectivity index (χ4n) is 1.32. The number of methoxy groups -OCH3 is 1. The van der Waals surface area contributed by atoms with Crippen LogP contribution in [0.1, 0.15) is 6.42 Å². The first-order valence-electron chi connectivity index (χ1n) is 3.66. The summed E-state index contributed by atoms with van der Waals surface area (Å²) in [6, 6.07) is -0.609. The third-order valence-electron chi connectivity index (χ3n) is 1.93. The van der Waals surface area contributed by atoms with E-state index in [0.717, 1.165) is 0 Å². The van der Waals surface area contributed by atoms with Gasteiger partial charge in [-0.1, -0.05) is 0 Å². The molecule has 12 heavy (non-hydrogen) atoms. The Morgan fingerprint density at radius 3 is 2.92 bits per heavy atom. The van der Waals surface area contributed by atoms with Crippen molar-refractivity contribution in [2.75, 3.05) is 13.7 Å². The van der Waals surface area contributed by atoms with E-state index in [1.54, 1.807) is 0 Å². The first-order valence-corrected chi connectivity index (χ1v) is 3.66. The molecule has 0 radical (unpaired) electrons. The smallest absolute Gasteiger partial charge is 0.328 e. The van der Waals surface area contributed by atoms with Crippen molar-refractivity contribution in [3.05, 3.63) is 0 Å². The van der Waals surface area contributed by atoms with Crippen molar-refractivity contribution in [1.29, 1.82) is 0 Å². The maximum absolute atomic E-state index is 11.0. The molecule has 1 unspecified atom stereocenters. The molecule has 0 spiro atoms. The number of rotatable bonds is 2. The molecule has 1 heterocycles. The third kappa shape index (κ3) is 1.55. The second-order valence-electron chi connectivity index (χ2n) is 2.73. The van der Waals surface area contributed by atoms with Gasteiger partial charge < -0.3 is 14.7 Å². The maximum atomic E-state index is 11.0. The Morgan fingerprint density at radius 2 is 2.42 bits per heavy atom. The lowest BCUT2D eigenvalue weighted by Gasteiger charge is -2.15. The lowest BCUT2D eigenvalue weighted by atomic mass is 10.2. The molecule has 0 aromatic rings. The average molecular weight is 173 g/mol. The number of ether oxygens (including phenoxy) is 1. The maximum Gasteiger partial charge on any atom is 0.328 e. The molecule has 5 heteroatoms. The molecular weight excluding hydrogens is 162 g/mol. The largest absolute Gasteiger partial charge is 0.467 e. The van der Waals surface area contributed by atoms with E-state index in [1.165, 1.54) is 12.0 Å². The van der Waals surface area contributed by atoms with E-state index < -0.39 is 18.1 Å². The molecule has 0 bridgehead atoms. The third-order valence-corrected chi connectivity index (χ3v) is 1.93. The zero-order chi connectivity index (χ0) is 9.14. The number of hydrogen-bond acceptors (Lipinski definition) is 4. The topological polar surface area (TPSA) is 66.8 Å². The SMILES string of the molecule is COC(=O)[C@@H]1CC(O)CN1C=O. The first kappa shape index (κ1) is 8.99. The molecule has 0 aromatic carbocycles. The Balaban J connectivity index is 2.63. The van der Waals surface area contributed by atoms with Gasteiger partial charge in [-0.05, 0) is 0 Å². The quantitative estimate of drug-likeness (QED) is 0.418. The molecule has 2 atom stereocenters. The summed E-state index contributed by atoms with van der Waals surface area (Å²) in [5.74, 6) is -0.473. The number of aliphatic hydroxyl groups is 1. The van der Waals surface area contributed by atoms with E-state index in [2.05, 4.69) is 4.74 Å². The Kier molecular flexibility index (Phi) is 2.65. The summed E-state index contributed by atoms with van der Waals surface area (Å²) in [7, 11) is 1.26. The van der Waals surface area contributed by atoms with Gasteiger partial charge in [0, 0.05) is 13.0 Å². The number of carbonyl (C=O) groups excluding carboxylic acids is 2. The summed E-state index contributed by atoms with van der Waals surface area (Å²) in [4.78, 5) is 22.6. The van der Waals surface area contributed by atoms with Gasteiger partial charge in [0.25, 0.3) is 0 Å². The van der Waals surface area contributed by atoms with E-state index in [1.807, 2.05) is 0 Å². The number of aliphatic hydroxyl groups excluding tert-OH is 1. The van der Waals surface area contributed by atoms with Crippen LogP contribution >= 0.6 is 0 Å². The van der Waals surface area contributed by atoms with Gasteiger partial charge in [-0.25, -0.2) is 4.79 Å². The molecule has 1 fully saturated rings. The van der Waals surface area contributed by atoms with Crippen LogP contribution in [0.15, 0.2) is 0 Å². The number of hydrogen-bond donors (Lipinski definition) is 1. The van der Waals surface area contributed by atoms with Crippen molar-refractivity contribution in [2.45, 2.75) is 18.6 Å². The molecule has 1 aliphatic heterocycles. The predicted molar refractivity (Wildman–Crippen MR) is 39.2 cm³/mol. The van der Waals surface area contributed by atoms with Crippen molar-refractivity contribution < 1.29 is 19.4 Å². The molecule has 1 rings (SSSR count). The van der Waals surface area contributed by atoms with Gasteiger partial charge in [0.15, 0.2) is 0 Å². The Bertz CT molecular complexity index is 194. The fraction of sp³-hybridized carbons (Fsp3) is 0.714. The highest BCUT2D eigenvalue weighted by atomic mass is 16.5. The van der Waals surface area contributed by atoms with Crippen molar-refractivity contribution in [3.63, 3.8) is 0 Å². The number of likely N-dealkylation sites (tertiary alicyclic amines) is 1. The van der Waals surface area contributed by atoms with Gasteiger partial charge in [-0.3, -0.25) is 4.79 Å². The zero-order valence-electron chi connectivity index (χ0n) is 6.77. The molecule has 1 amide bonds. The van der Waals surface area contributed by atoms with Crippen LogP contribution in [0.3, 0.4) is 0 Å². The average Bonchev–Trinajstić information content (AvgIpc) is 2.45. The van der Waals surface area contributed by atoms with Crippen LogP contribution in [-0.2, 0) is 14.3 Å². The van der Waals surface area contributed by atoms with Crippen LogP contribution in [0.25, 0.3) is 0 Å². The lowest BCUT2D eigenvalue weighted by molar-refractivity contribution is -0.148. The summed E-state index contributed by atoms with van der Waals surface area (Å²) in [5.41, 5.74) is 0. The number of carbonyl (C=O) groups is 2. The van der Waals surface area contributed by atoms with E-state index in [4.69, 9.17) is 5.11 Å². The molecule has 0 saturated carbocycles. The highest BCUT2D eigenvalue weighted by molar-refractivity contribution is 5.78. The normalized spacial score (nSPS) is 28.7. The summed E-state index contributed by atoms with van der Waals surface area (Å²) in [5, 5.41) is 9.14. The van der Waals surface area contributed by atoms with Crippen molar-refractivity contribution >= 4 is 12.4 Å². The number of β-amino-alcohol motifs (C(OH)–C–C–N with tert-alkyl or cyclic N) is 1. The van der Waals surface area contributed by atoms with Gasteiger partial charge >= 0.3 is 5.97 Å². The monoisotopic (exact) mass is 173 g/mol. The second kappa shape index (κ2) is 3.53. The summed E-state index contributed by atoms with van der Waals surface area (Å²) in [6.07, 6.45) is 0.211. The number of nitrogens with zero attached hydrogens (tertiary/aromatic N) is 1. The van der Waals surface area contributed by atoms with Gasteiger partial charge in [-0.15, -0.1) is 0 Å². The first-order chi connectivity index (χ1) is 5.69. The predicted octanol–water partition coefficient (Wildman–Crippen LogP) is -1.25. The van der Waals surface area contributed by atoms with Crippen LogP contribution in [-0.4, -0.2) is 48.2 Å². The van der Waals surface area contributed by atoms with Crippen LogP contribution in [0.4, 0.5) is 0 Å². The molecule has 0 aliphatic carbocycles. The molecule has 1 aliphatic rings. The molecule has 5 nitrogen and oxygen atoms in total. The van der Waals surface area contributed by atoms with Crippen LogP contribution < -0.4 is 0 Å². The lowest BCUT2D eigenvalue weighted by Crippen LogP contribution is -2.35. The summed E-state index contributed by atoms with van der Waals surface area (Å²) in [6.45, 7) is 0.212. The van der Waals surface area contributed by atoms with Crippen molar-refractivity contribution in [2.24, 2.45) is 0 Å². The Labute approximate surface area is 69.9 Å². The minimum Gasteiger partial charge on any atom is -0.467 e. The van der Waals surface area contributed by atoms with Crippen molar-refractivity contribution in [3.8, 4) is 0 Å². The minimum absolute atomic E-state index is 0.212. The van der Waals surface area contributed by atoms with Gasteiger partial charge in [0.05, 0.1) is 13.2 Å². The van der Waals surface area contributed by atoms with Crippen molar-refractivity contribution in [1.82, 2.24) is 4.90 Å².